The van der Waals surface area contributed by atoms with Crippen LogP contribution in [-0.4, -0.2) is 31.7 Å². The van der Waals surface area contributed by atoms with Gasteiger partial charge in [0.1, 0.15) is 0 Å². The summed E-state index contributed by atoms with van der Waals surface area (Å²) in [6, 6.07) is 0. The van der Waals surface area contributed by atoms with Crippen LogP contribution in [0.3, 0.4) is 0 Å². The normalized spacial score (nSPS) is 34.7. The van der Waals surface area contributed by atoms with Crippen molar-refractivity contribution in [3.8, 4) is 0 Å². The molecule has 2 rings (SSSR count). The maximum Gasteiger partial charge on any atom is 0.0857 e. The molecule has 2 aliphatic heterocycles. The summed E-state index contributed by atoms with van der Waals surface area (Å²) in [7, 11) is 1.76. The first-order valence-electron chi connectivity index (χ1n) is 4.26. The Morgan fingerprint density at radius 2 is 2.45 bits per heavy atom. The number of hydrogen-bond donors (Lipinski definition) is 0. The second kappa shape index (κ2) is 2.52. The summed E-state index contributed by atoms with van der Waals surface area (Å²) < 4.78 is 5.10. The van der Waals surface area contributed by atoms with E-state index in [4.69, 9.17) is 4.74 Å². The minimum Gasteiger partial charge on any atom is -0.379 e. The summed E-state index contributed by atoms with van der Waals surface area (Å²) in [6.45, 7) is 5.59. The number of nitrogens with zero attached hydrogens (tertiary/aromatic N) is 1. The smallest absolute Gasteiger partial charge is 0.0857 e. The van der Waals surface area contributed by atoms with Crippen LogP contribution in [-0.2, 0) is 4.74 Å². The number of ether oxygens (including phenoxy) is 1. The van der Waals surface area contributed by atoms with Crippen LogP contribution >= 0.6 is 0 Å². The first kappa shape index (κ1) is 7.17. The van der Waals surface area contributed by atoms with Gasteiger partial charge in [-0.3, -0.25) is 0 Å². The van der Waals surface area contributed by atoms with Crippen LogP contribution in [0.2, 0.25) is 0 Å². The van der Waals surface area contributed by atoms with E-state index in [-0.39, 0.29) is 0 Å². The Kier molecular flexibility index (Phi) is 1.64. The fourth-order valence-corrected chi connectivity index (χ4v) is 2.08. The summed E-state index contributed by atoms with van der Waals surface area (Å²) in [5, 5.41) is 0. The average Bonchev–Trinajstić information content (AvgIpc) is 2.47. The summed E-state index contributed by atoms with van der Waals surface area (Å²) in [5.74, 6) is 1.66. The number of methoxy groups -OCH3 is 1. The van der Waals surface area contributed by atoms with Crippen molar-refractivity contribution in [3.63, 3.8) is 0 Å². The summed E-state index contributed by atoms with van der Waals surface area (Å²) in [4.78, 5) is 2.44. The predicted molar refractivity (Wildman–Crippen MR) is 44.2 cm³/mol. The average molecular weight is 153 g/mol. The Balaban J connectivity index is 2.05. The molecule has 2 unspecified atom stereocenters. The predicted octanol–water partition coefficient (Wildman–Crippen LogP) is 1.10. The van der Waals surface area contributed by atoms with Gasteiger partial charge in [0.25, 0.3) is 0 Å². The zero-order valence-corrected chi connectivity index (χ0v) is 7.21. The standard InChI is InChI=1S/C9H15NO/c1-7-4-10-5-8(7)3-9(10)6-11-2/h3,7-8H,4-6H2,1-2H3. The zero-order chi connectivity index (χ0) is 7.84. The first-order valence-corrected chi connectivity index (χ1v) is 4.26. The van der Waals surface area contributed by atoms with Gasteiger partial charge in [-0.2, -0.15) is 0 Å². The molecule has 1 fully saturated rings. The second-order valence-electron chi connectivity index (χ2n) is 3.64. The Morgan fingerprint density at radius 3 is 2.91 bits per heavy atom. The van der Waals surface area contributed by atoms with Crippen LogP contribution in [0.25, 0.3) is 0 Å². The fourth-order valence-electron chi connectivity index (χ4n) is 2.08. The molecule has 2 bridgehead atoms. The molecule has 0 radical (unpaired) electrons. The van der Waals surface area contributed by atoms with Crippen LogP contribution < -0.4 is 0 Å². The van der Waals surface area contributed by atoms with E-state index in [1.807, 2.05) is 0 Å². The Morgan fingerprint density at radius 1 is 1.64 bits per heavy atom. The molecule has 0 aromatic rings. The van der Waals surface area contributed by atoms with Crippen molar-refractivity contribution in [1.82, 2.24) is 4.90 Å². The minimum absolute atomic E-state index is 0.795. The third kappa shape index (κ3) is 1.06. The van der Waals surface area contributed by atoms with Gasteiger partial charge in [0.15, 0.2) is 0 Å². The molecule has 0 aromatic heterocycles. The summed E-state index contributed by atoms with van der Waals surface area (Å²) >= 11 is 0. The maximum atomic E-state index is 5.10. The van der Waals surface area contributed by atoms with Crippen LogP contribution in [0.5, 0.6) is 0 Å². The third-order valence-corrected chi connectivity index (χ3v) is 2.78. The highest BCUT2D eigenvalue weighted by molar-refractivity contribution is 5.17. The van der Waals surface area contributed by atoms with Crippen LogP contribution in [0.4, 0.5) is 0 Å². The molecule has 0 aromatic carbocycles. The molecular weight excluding hydrogens is 138 g/mol. The van der Waals surface area contributed by atoms with E-state index in [9.17, 15) is 0 Å². The molecule has 2 aliphatic rings. The van der Waals surface area contributed by atoms with Gasteiger partial charge in [0.2, 0.25) is 0 Å². The number of hydrogen-bond acceptors (Lipinski definition) is 2. The van der Waals surface area contributed by atoms with Gasteiger partial charge in [-0.25, -0.2) is 0 Å². The highest BCUT2D eigenvalue weighted by Crippen LogP contribution is 2.34. The maximum absolute atomic E-state index is 5.10. The molecule has 2 heteroatoms. The lowest BCUT2D eigenvalue weighted by Crippen LogP contribution is -2.21. The zero-order valence-electron chi connectivity index (χ0n) is 7.21. The quantitative estimate of drug-likeness (QED) is 0.589. The van der Waals surface area contributed by atoms with Crippen molar-refractivity contribution in [2.75, 3.05) is 26.8 Å². The highest BCUT2D eigenvalue weighted by atomic mass is 16.5. The molecule has 1 saturated heterocycles. The molecule has 0 spiro atoms. The van der Waals surface area contributed by atoms with Crippen molar-refractivity contribution < 1.29 is 4.74 Å². The molecular formula is C9H15NO. The minimum atomic E-state index is 0.795. The van der Waals surface area contributed by atoms with Gasteiger partial charge in [-0.15, -0.1) is 0 Å². The Bertz CT molecular complexity index is 188. The lowest BCUT2D eigenvalue weighted by molar-refractivity contribution is 0.197. The van der Waals surface area contributed by atoms with E-state index in [1.165, 1.54) is 18.8 Å². The molecule has 0 N–H and O–H groups in total. The highest BCUT2D eigenvalue weighted by Gasteiger charge is 2.34. The summed E-state index contributed by atoms with van der Waals surface area (Å²) in [5.41, 5.74) is 1.40. The van der Waals surface area contributed by atoms with Crippen LogP contribution in [0, 0.1) is 11.8 Å². The molecule has 62 valence electrons. The van der Waals surface area contributed by atoms with Gasteiger partial charge >= 0.3 is 0 Å². The van der Waals surface area contributed by atoms with Gasteiger partial charge < -0.3 is 9.64 Å². The molecule has 0 saturated carbocycles. The van der Waals surface area contributed by atoms with E-state index < -0.39 is 0 Å². The second-order valence-corrected chi connectivity index (χ2v) is 3.64. The third-order valence-electron chi connectivity index (χ3n) is 2.78. The van der Waals surface area contributed by atoms with E-state index in [1.54, 1.807) is 7.11 Å². The van der Waals surface area contributed by atoms with E-state index in [2.05, 4.69) is 17.9 Å². The lowest BCUT2D eigenvalue weighted by atomic mass is 9.97. The SMILES string of the molecule is COCC1=CC2CN1CC2C. The molecule has 2 atom stereocenters. The molecule has 2 heterocycles. The van der Waals surface area contributed by atoms with Crippen LogP contribution in [0.15, 0.2) is 11.8 Å². The molecule has 11 heavy (non-hydrogen) atoms. The van der Waals surface area contributed by atoms with Gasteiger partial charge in [-0.1, -0.05) is 13.0 Å². The van der Waals surface area contributed by atoms with Crippen molar-refractivity contribution >= 4 is 0 Å². The van der Waals surface area contributed by atoms with Gasteiger partial charge in [0, 0.05) is 31.8 Å². The van der Waals surface area contributed by atoms with Crippen molar-refractivity contribution in [1.29, 1.82) is 0 Å². The molecule has 2 nitrogen and oxygen atoms in total. The summed E-state index contributed by atoms with van der Waals surface area (Å²) in [6.07, 6.45) is 2.37. The topological polar surface area (TPSA) is 12.5 Å². The largest absolute Gasteiger partial charge is 0.379 e. The van der Waals surface area contributed by atoms with E-state index in [0.29, 0.717) is 0 Å². The van der Waals surface area contributed by atoms with Crippen molar-refractivity contribution in [2.45, 2.75) is 6.92 Å². The fraction of sp³-hybridized carbons (Fsp3) is 0.778. The number of fused-ring (bicyclic) bond motifs is 2. The van der Waals surface area contributed by atoms with Gasteiger partial charge in [-0.05, 0) is 5.92 Å². The van der Waals surface area contributed by atoms with E-state index in [0.717, 1.165) is 18.4 Å². The molecule has 0 amide bonds. The lowest BCUT2D eigenvalue weighted by Gasteiger charge is -2.20. The van der Waals surface area contributed by atoms with Crippen molar-refractivity contribution in [2.24, 2.45) is 11.8 Å². The van der Waals surface area contributed by atoms with Gasteiger partial charge in [0.05, 0.1) is 6.61 Å². The Labute approximate surface area is 67.8 Å². The van der Waals surface area contributed by atoms with Crippen molar-refractivity contribution in [3.05, 3.63) is 11.8 Å². The van der Waals surface area contributed by atoms with E-state index >= 15 is 0 Å². The number of rotatable bonds is 2. The molecule has 0 aliphatic carbocycles. The van der Waals surface area contributed by atoms with Crippen LogP contribution in [0.1, 0.15) is 6.92 Å². The first-order chi connectivity index (χ1) is 5.31. The monoisotopic (exact) mass is 153 g/mol. The Hall–Kier alpha value is -0.500.